The summed E-state index contributed by atoms with van der Waals surface area (Å²) in [5.41, 5.74) is 2.34. The SMILES string of the molecule is Oc1ccc2nc(Br)nc(-c3cn[nH]c3)c2c1. The van der Waals surface area contributed by atoms with Crippen LogP contribution >= 0.6 is 15.9 Å². The molecule has 0 aliphatic heterocycles. The maximum atomic E-state index is 9.53. The number of phenols is 1. The summed E-state index contributed by atoms with van der Waals surface area (Å²) in [5.74, 6) is 0.188. The Bertz CT molecular complexity index is 681. The van der Waals surface area contributed by atoms with Crippen LogP contribution in [0.15, 0.2) is 35.3 Å². The van der Waals surface area contributed by atoms with Gasteiger partial charge in [-0.15, -0.1) is 0 Å². The molecule has 2 N–H and O–H groups in total. The first-order valence-electron chi connectivity index (χ1n) is 4.89. The highest BCUT2D eigenvalue weighted by Crippen LogP contribution is 2.29. The van der Waals surface area contributed by atoms with Gasteiger partial charge in [-0.1, -0.05) is 0 Å². The molecular weight excluding hydrogens is 284 g/mol. The topological polar surface area (TPSA) is 74.7 Å². The molecule has 0 amide bonds. The van der Waals surface area contributed by atoms with Crippen molar-refractivity contribution in [3.8, 4) is 17.0 Å². The number of hydrogen-bond donors (Lipinski definition) is 2. The number of benzene rings is 1. The molecule has 3 aromatic rings. The number of aromatic nitrogens is 4. The summed E-state index contributed by atoms with van der Waals surface area (Å²) < 4.78 is 0.506. The van der Waals surface area contributed by atoms with Gasteiger partial charge in [0.05, 0.1) is 17.4 Å². The van der Waals surface area contributed by atoms with Crippen molar-refractivity contribution in [3.05, 3.63) is 35.3 Å². The highest BCUT2D eigenvalue weighted by molar-refractivity contribution is 9.10. The molecule has 2 aromatic heterocycles. The van der Waals surface area contributed by atoms with Gasteiger partial charge in [-0.05, 0) is 34.1 Å². The van der Waals surface area contributed by atoms with Crippen LogP contribution in [-0.2, 0) is 0 Å². The molecule has 0 saturated carbocycles. The van der Waals surface area contributed by atoms with Gasteiger partial charge in [-0.2, -0.15) is 5.10 Å². The van der Waals surface area contributed by atoms with E-state index >= 15 is 0 Å². The normalized spacial score (nSPS) is 10.9. The number of fused-ring (bicyclic) bond motifs is 1. The summed E-state index contributed by atoms with van der Waals surface area (Å²) in [6, 6.07) is 4.99. The number of hydrogen-bond acceptors (Lipinski definition) is 4. The molecule has 84 valence electrons. The van der Waals surface area contributed by atoms with Crippen LogP contribution in [0.2, 0.25) is 0 Å². The van der Waals surface area contributed by atoms with Gasteiger partial charge in [0.25, 0.3) is 0 Å². The second kappa shape index (κ2) is 3.81. The zero-order chi connectivity index (χ0) is 11.8. The Kier molecular flexibility index (Phi) is 2.29. The molecule has 3 rings (SSSR count). The Morgan fingerprint density at radius 3 is 2.88 bits per heavy atom. The fourth-order valence-electron chi connectivity index (χ4n) is 1.69. The minimum atomic E-state index is 0.188. The molecule has 0 fully saturated rings. The average Bonchev–Trinajstić information content (AvgIpc) is 2.82. The van der Waals surface area contributed by atoms with E-state index in [1.54, 1.807) is 30.6 Å². The molecule has 5 nitrogen and oxygen atoms in total. The monoisotopic (exact) mass is 290 g/mol. The van der Waals surface area contributed by atoms with E-state index in [2.05, 4.69) is 36.1 Å². The van der Waals surface area contributed by atoms with Crippen molar-refractivity contribution in [2.45, 2.75) is 0 Å². The standard InChI is InChI=1S/C11H7BrN4O/c12-11-15-9-2-1-7(17)3-8(9)10(16-11)6-4-13-14-5-6/h1-5,17H,(H,13,14). The third-order valence-corrected chi connectivity index (χ3v) is 2.78. The minimum absolute atomic E-state index is 0.188. The summed E-state index contributed by atoms with van der Waals surface area (Å²) in [7, 11) is 0. The van der Waals surface area contributed by atoms with Gasteiger partial charge >= 0.3 is 0 Å². The third-order valence-electron chi connectivity index (χ3n) is 2.42. The number of aromatic amines is 1. The van der Waals surface area contributed by atoms with Crippen molar-refractivity contribution in [2.75, 3.05) is 0 Å². The van der Waals surface area contributed by atoms with Crippen LogP contribution in [0, 0.1) is 0 Å². The van der Waals surface area contributed by atoms with Gasteiger partial charge in [-0.25, -0.2) is 9.97 Å². The van der Waals surface area contributed by atoms with Crippen LogP contribution in [0.1, 0.15) is 0 Å². The van der Waals surface area contributed by atoms with Gasteiger partial charge in [0.1, 0.15) is 5.75 Å². The predicted molar refractivity (Wildman–Crippen MR) is 66.5 cm³/mol. The zero-order valence-corrected chi connectivity index (χ0v) is 10.1. The fraction of sp³-hybridized carbons (Fsp3) is 0. The zero-order valence-electron chi connectivity index (χ0n) is 8.55. The van der Waals surface area contributed by atoms with Gasteiger partial charge in [0.2, 0.25) is 0 Å². The van der Waals surface area contributed by atoms with Crippen molar-refractivity contribution in [3.63, 3.8) is 0 Å². The van der Waals surface area contributed by atoms with E-state index in [-0.39, 0.29) is 5.75 Å². The van der Waals surface area contributed by atoms with Crippen molar-refractivity contribution >= 4 is 26.8 Å². The van der Waals surface area contributed by atoms with Crippen molar-refractivity contribution < 1.29 is 5.11 Å². The lowest BCUT2D eigenvalue weighted by molar-refractivity contribution is 0.476. The first-order valence-corrected chi connectivity index (χ1v) is 5.69. The van der Waals surface area contributed by atoms with Crippen LogP contribution < -0.4 is 0 Å². The average molecular weight is 291 g/mol. The van der Waals surface area contributed by atoms with Crippen LogP contribution in [0.4, 0.5) is 0 Å². The van der Waals surface area contributed by atoms with E-state index in [0.29, 0.717) is 4.73 Å². The van der Waals surface area contributed by atoms with Crippen LogP contribution in [0.3, 0.4) is 0 Å². The van der Waals surface area contributed by atoms with E-state index in [1.807, 2.05) is 0 Å². The lowest BCUT2D eigenvalue weighted by Crippen LogP contribution is -1.90. The van der Waals surface area contributed by atoms with E-state index in [4.69, 9.17) is 0 Å². The molecule has 0 atom stereocenters. The van der Waals surface area contributed by atoms with Gasteiger partial charge < -0.3 is 5.11 Å². The number of aromatic hydroxyl groups is 1. The Morgan fingerprint density at radius 2 is 2.12 bits per heavy atom. The highest BCUT2D eigenvalue weighted by atomic mass is 79.9. The van der Waals surface area contributed by atoms with Crippen LogP contribution in [0.5, 0.6) is 5.75 Å². The molecule has 2 heterocycles. The maximum Gasteiger partial charge on any atom is 0.197 e. The lowest BCUT2D eigenvalue weighted by atomic mass is 10.1. The van der Waals surface area contributed by atoms with Crippen molar-refractivity contribution in [1.82, 2.24) is 20.2 Å². The Balaban J connectivity index is 2.39. The third kappa shape index (κ3) is 1.76. The molecule has 0 aliphatic carbocycles. The molecule has 0 unspecified atom stereocenters. The Labute approximate surface area is 105 Å². The first kappa shape index (κ1) is 10.2. The summed E-state index contributed by atoms with van der Waals surface area (Å²) in [4.78, 5) is 8.57. The summed E-state index contributed by atoms with van der Waals surface area (Å²) >= 11 is 3.27. The van der Waals surface area contributed by atoms with Crippen molar-refractivity contribution in [2.24, 2.45) is 0 Å². The van der Waals surface area contributed by atoms with Gasteiger partial charge in [0, 0.05) is 17.1 Å². The predicted octanol–water partition coefficient (Wildman–Crippen LogP) is 2.49. The van der Waals surface area contributed by atoms with E-state index in [9.17, 15) is 5.11 Å². The molecule has 6 heteroatoms. The van der Waals surface area contributed by atoms with E-state index < -0.39 is 0 Å². The Morgan fingerprint density at radius 1 is 1.24 bits per heavy atom. The highest BCUT2D eigenvalue weighted by Gasteiger charge is 2.10. The van der Waals surface area contributed by atoms with E-state index in [1.165, 1.54) is 0 Å². The van der Waals surface area contributed by atoms with Crippen LogP contribution in [-0.4, -0.2) is 25.3 Å². The summed E-state index contributed by atoms with van der Waals surface area (Å²) in [5, 5.41) is 17.0. The molecule has 1 aromatic carbocycles. The van der Waals surface area contributed by atoms with Gasteiger partial charge in [0.15, 0.2) is 4.73 Å². The maximum absolute atomic E-state index is 9.53. The van der Waals surface area contributed by atoms with Gasteiger partial charge in [-0.3, -0.25) is 5.10 Å². The fourth-order valence-corrected chi connectivity index (χ4v) is 2.06. The molecular formula is C11H7BrN4O. The lowest BCUT2D eigenvalue weighted by Gasteiger charge is -2.04. The molecule has 0 saturated heterocycles. The largest absolute Gasteiger partial charge is 0.508 e. The van der Waals surface area contributed by atoms with Crippen molar-refractivity contribution in [1.29, 1.82) is 0 Å². The number of nitrogens with one attached hydrogen (secondary N) is 1. The first-order chi connectivity index (χ1) is 8.24. The van der Waals surface area contributed by atoms with Crippen LogP contribution in [0.25, 0.3) is 22.2 Å². The minimum Gasteiger partial charge on any atom is -0.508 e. The number of phenolic OH excluding ortho intramolecular Hbond substituents is 1. The Hall–Kier alpha value is -1.95. The summed E-state index contributed by atoms with van der Waals surface area (Å²) in [6.45, 7) is 0. The van der Waals surface area contributed by atoms with E-state index in [0.717, 1.165) is 22.2 Å². The molecule has 0 spiro atoms. The number of H-pyrrole nitrogens is 1. The summed E-state index contributed by atoms with van der Waals surface area (Å²) in [6.07, 6.45) is 3.43. The number of halogens is 1. The smallest absolute Gasteiger partial charge is 0.197 e. The molecule has 0 bridgehead atoms. The molecule has 17 heavy (non-hydrogen) atoms. The molecule has 0 aliphatic rings. The quantitative estimate of drug-likeness (QED) is 0.675. The molecule has 0 radical (unpaired) electrons. The number of nitrogens with zero attached hydrogens (tertiary/aromatic N) is 3. The number of rotatable bonds is 1. The second-order valence-corrected chi connectivity index (χ2v) is 4.24. The second-order valence-electron chi connectivity index (χ2n) is 3.53.